The van der Waals surface area contributed by atoms with Crippen molar-refractivity contribution >= 4 is 21.4 Å². The number of nitrogens with one attached hydrogen (secondary N) is 1. The SMILES string of the molecule is CCNC(c1ccoc1)c1cc2cc(F)ccc2s1. The van der Waals surface area contributed by atoms with Gasteiger partial charge in [-0.2, -0.15) is 0 Å². The summed E-state index contributed by atoms with van der Waals surface area (Å²) < 4.78 is 19.5. The lowest BCUT2D eigenvalue weighted by atomic mass is 10.1. The fraction of sp³-hybridized carbons (Fsp3) is 0.200. The Morgan fingerprint density at radius 3 is 2.95 bits per heavy atom. The van der Waals surface area contributed by atoms with Gasteiger partial charge in [-0.15, -0.1) is 11.3 Å². The molecular weight excluding hydrogens is 261 g/mol. The predicted molar refractivity (Wildman–Crippen MR) is 76.0 cm³/mol. The van der Waals surface area contributed by atoms with Crippen LogP contribution in [0.1, 0.15) is 23.4 Å². The van der Waals surface area contributed by atoms with Crippen molar-refractivity contribution in [2.45, 2.75) is 13.0 Å². The maximum Gasteiger partial charge on any atom is 0.123 e. The van der Waals surface area contributed by atoms with Crippen molar-refractivity contribution in [1.82, 2.24) is 5.32 Å². The van der Waals surface area contributed by atoms with Crippen LogP contribution in [0.5, 0.6) is 0 Å². The fourth-order valence-corrected chi connectivity index (χ4v) is 3.35. The van der Waals surface area contributed by atoms with Crippen molar-refractivity contribution in [2.24, 2.45) is 0 Å². The third-order valence-electron chi connectivity index (χ3n) is 3.07. The fourth-order valence-electron chi connectivity index (χ4n) is 2.20. The van der Waals surface area contributed by atoms with E-state index in [9.17, 15) is 4.39 Å². The van der Waals surface area contributed by atoms with E-state index in [0.717, 1.165) is 22.2 Å². The number of thiophene rings is 1. The highest BCUT2D eigenvalue weighted by atomic mass is 32.1. The third kappa shape index (κ3) is 2.41. The van der Waals surface area contributed by atoms with Gasteiger partial charge in [-0.3, -0.25) is 0 Å². The summed E-state index contributed by atoms with van der Waals surface area (Å²) in [5.74, 6) is -0.194. The second-order valence-electron chi connectivity index (χ2n) is 4.38. The Balaban J connectivity index is 2.05. The molecule has 0 aliphatic carbocycles. The molecule has 98 valence electrons. The quantitative estimate of drug-likeness (QED) is 0.766. The van der Waals surface area contributed by atoms with Crippen molar-refractivity contribution in [1.29, 1.82) is 0 Å². The Bertz CT molecular complexity index is 675. The number of fused-ring (bicyclic) bond motifs is 1. The average Bonchev–Trinajstić information content (AvgIpc) is 3.04. The van der Waals surface area contributed by atoms with Gasteiger partial charge in [0.25, 0.3) is 0 Å². The number of hydrogen-bond donors (Lipinski definition) is 1. The highest BCUT2D eigenvalue weighted by molar-refractivity contribution is 7.19. The zero-order valence-corrected chi connectivity index (χ0v) is 11.3. The number of rotatable bonds is 4. The van der Waals surface area contributed by atoms with Crippen LogP contribution < -0.4 is 5.32 Å². The van der Waals surface area contributed by atoms with Gasteiger partial charge in [0.2, 0.25) is 0 Å². The maximum atomic E-state index is 13.2. The summed E-state index contributed by atoms with van der Waals surface area (Å²) in [6.45, 7) is 2.93. The average molecular weight is 275 g/mol. The monoisotopic (exact) mass is 275 g/mol. The van der Waals surface area contributed by atoms with Crippen LogP contribution in [0.15, 0.2) is 47.3 Å². The minimum absolute atomic E-state index is 0.101. The zero-order chi connectivity index (χ0) is 13.2. The van der Waals surface area contributed by atoms with Gasteiger partial charge < -0.3 is 9.73 Å². The number of benzene rings is 1. The summed E-state index contributed by atoms with van der Waals surface area (Å²) in [7, 11) is 0. The molecule has 1 atom stereocenters. The van der Waals surface area contributed by atoms with E-state index in [4.69, 9.17) is 4.42 Å². The molecule has 0 saturated heterocycles. The van der Waals surface area contributed by atoms with Gasteiger partial charge in [0, 0.05) is 15.1 Å². The summed E-state index contributed by atoms with van der Waals surface area (Å²) in [4.78, 5) is 1.17. The van der Waals surface area contributed by atoms with Gasteiger partial charge in [-0.1, -0.05) is 6.92 Å². The zero-order valence-electron chi connectivity index (χ0n) is 10.5. The van der Waals surface area contributed by atoms with E-state index in [0.29, 0.717) is 0 Å². The summed E-state index contributed by atoms with van der Waals surface area (Å²) >= 11 is 1.68. The molecule has 0 amide bonds. The van der Waals surface area contributed by atoms with Crippen molar-refractivity contribution < 1.29 is 8.81 Å². The Morgan fingerprint density at radius 2 is 2.21 bits per heavy atom. The number of hydrogen-bond acceptors (Lipinski definition) is 3. The third-order valence-corrected chi connectivity index (χ3v) is 4.25. The number of furan rings is 1. The van der Waals surface area contributed by atoms with Crippen LogP contribution in [0.4, 0.5) is 4.39 Å². The van der Waals surface area contributed by atoms with Crippen molar-refractivity contribution in [2.75, 3.05) is 6.54 Å². The van der Waals surface area contributed by atoms with Crippen molar-refractivity contribution in [3.63, 3.8) is 0 Å². The Morgan fingerprint density at radius 1 is 1.32 bits per heavy atom. The first-order valence-corrected chi connectivity index (χ1v) is 7.04. The van der Waals surface area contributed by atoms with Crippen LogP contribution >= 0.6 is 11.3 Å². The van der Waals surface area contributed by atoms with Crippen LogP contribution in [0.25, 0.3) is 10.1 Å². The van der Waals surface area contributed by atoms with Crippen LogP contribution in [-0.2, 0) is 0 Å². The molecule has 2 heterocycles. The standard InChI is InChI=1S/C15H14FNOS/c1-2-17-15(10-5-6-18-9-10)14-8-11-7-12(16)3-4-13(11)19-14/h3-9,15,17H,2H2,1H3. The summed E-state index contributed by atoms with van der Waals surface area (Å²) in [6.07, 6.45) is 3.42. The minimum Gasteiger partial charge on any atom is -0.472 e. The lowest BCUT2D eigenvalue weighted by Gasteiger charge is -2.14. The second-order valence-corrected chi connectivity index (χ2v) is 5.49. The van der Waals surface area contributed by atoms with Crippen LogP contribution in [0, 0.1) is 5.82 Å². The second kappa shape index (κ2) is 5.15. The van der Waals surface area contributed by atoms with Crippen molar-refractivity contribution in [3.8, 4) is 0 Å². The molecular formula is C15H14FNOS. The molecule has 2 nitrogen and oxygen atoms in total. The molecule has 0 fully saturated rings. The maximum absolute atomic E-state index is 13.2. The molecule has 3 aromatic rings. The van der Waals surface area contributed by atoms with Gasteiger partial charge in [0.05, 0.1) is 18.6 Å². The molecule has 0 spiro atoms. The van der Waals surface area contributed by atoms with E-state index in [2.05, 4.69) is 12.2 Å². The Labute approximate surface area is 114 Å². The summed E-state index contributed by atoms with van der Waals surface area (Å²) in [5.41, 5.74) is 1.09. The van der Waals surface area contributed by atoms with Crippen LogP contribution in [-0.4, -0.2) is 6.54 Å². The highest BCUT2D eigenvalue weighted by Gasteiger charge is 2.17. The minimum atomic E-state index is -0.194. The van der Waals surface area contributed by atoms with Gasteiger partial charge in [-0.05, 0) is 42.3 Å². The first-order valence-electron chi connectivity index (χ1n) is 6.22. The van der Waals surface area contributed by atoms with E-state index >= 15 is 0 Å². The molecule has 19 heavy (non-hydrogen) atoms. The molecule has 0 bridgehead atoms. The summed E-state index contributed by atoms with van der Waals surface area (Å²) in [6, 6.07) is 9.01. The van der Waals surface area contributed by atoms with Crippen LogP contribution in [0.2, 0.25) is 0 Å². The molecule has 0 aliphatic heterocycles. The van der Waals surface area contributed by atoms with Gasteiger partial charge >= 0.3 is 0 Å². The van der Waals surface area contributed by atoms with E-state index in [1.807, 2.05) is 18.2 Å². The van der Waals surface area contributed by atoms with Gasteiger partial charge in [-0.25, -0.2) is 4.39 Å². The Hall–Kier alpha value is -1.65. The van der Waals surface area contributed by atoms with Crippen molar-refractivity contribution in [3.05, 3.63) is 59.1 Å². The topological polar surface area (TPSA) is 25.2 Å². The first kappa shape index (κ1) is 12.4. The molecule has 0 saturated carbocycles. The first-order chi connectivity index (χ1) is 9.28. The largest absolute Gasteiger partial charge is 0.472 e. The summed E-state index contributed by atoms with van der Waals surface area (Å²) in [5, 5.41) is 4.38. The highest BCUT2D eigenvalue weighted by Crippen LogP contribution is 2.33. The Kier molecular flexibility index (Phi) is 3.36. The molecule has 0 aliphatic rings. The van der Waals surface area contributed by atoms with E-state index in [1.54, 1.807) is 29.9 Å². The molecule has 2 aromatic heterocycles. The van der Waals surface area contributed by atoms with Crippen LogP contribution in [0.3, 0.4) is 0 Å². The van der Waals surface area contributed by atoms with E-state index < -0.39 is 0 Å². The molecule has 1 N–H and O–H groups in total. The smallest absolute Gasteiger partial charge is 0.123 e. The van der Waals surface area contributed by atoms with E-state index in [-0.39, 0.29) is 11.9 Å². The lowest BCUT2D eigenvalue weighted by Crippen LogP contribution is -2.20. The molecule has 4 heteroatoms. The predicted octanol–water partition coefficient (Wildman–Crippen LogP) is 4.33. The lowest BCUT2D eigenvalue weighted by molar-refractivity contribution is 0.554. The number of halogens is 1. The van der Waals surface area contributed by atoms with Gasteiger partial charge in [0.1, 0.15) is 5.82 Å². The normalized spacial score (nSPS) is 12.9. The molecule has 3 rings (SSSR count). The molecule has 1 aromatic carbocycles. The molecule has 0 radical (unpaired) electrons. The van der Waals surface area contributed by atoms with Gasteiger partial charge in [0.15, 0.2) is 0 Å². The van der Waals surface area contributed by atoms with E-state index in [1.165, 1.54) is 10.9 Å². The molecule has 1 unspecified atom stereocenters.